The van der Waals surface area contributed by atoms with Crippen molar-refractivity contribution in [1.29, 1.82) is 0 Å². The van der Waals surface area contributed by atoms with E-state index in [1.165, 1.54) is 37.7 Å². The molecule has 3 heteroatoms. The van der Waals surface area contributed by atoms with Gasteiger partial charge in [0.1, 0.15) is 5.82 Å². The number of anilines is 1. The summed E-state index contributed by atoms with van der Waals surface area (Å²) in [6.07, 6.45) is 9.47. The first kappa shape index (κ1) is 14.3. The first-order valence-corrected chi connectivity index (χ1v) is 7.63. The Kier molecular flexibility index (Phi) is 5.20. The van der Waals surface area contributed by atoms with Gasteiger partial charge in [-0.1, -0.05) is 19.4 Å². The number of hydrogen-bond acceptors (Lipinski definition) is 3. The van der Waals surface area contributed by atoms with Gasteiger partial charge < -0.3 is 10.6 Å². The Bertz CT molecular complexity index is 383. The molecule has 1 fully saturated rings. The molecule has 0 aromatic carbocycles. The molecule has 0 spiro atoms. The van der Waals surface area contributed by atoms with E-state index < -0.39 is 0 Å². The zero-order chi connectivity index (χ0) is 13.7. The Balaban J connectivity index is 2.05. The molecule has 3 nitrogen and oxygen atoms in total. The van der Waals surface area contributed by atoms with Crippen LogP contribution >= 0.6 is 0 Å². The Morgan fingerprint density at radius 3 is 2.68 bits per heavy atom. The van der Waals surface area contributed by atoms with Crippen molar-refractivity contribution < 1.29 is 0 Å². The molecule has 1 aliphatic rings. The molecule has 0 radical (unpaired) electrons. The van der Waals surface area contributed by atoms with Gasteiger partial charge in [0.2, 0.25) is 0 Å². The standard InChI is InChI=1S/C16H27N3/c1-3-13-6-8-15(9-7-13)19(2)16-14(10-11-17)5-4-12-18-16/h4-5,12-13,15H,3,6-11,17H2,1-2H3. The van der Waals surface area contributed by atoms with E-state index in [1.54, 1.807) is 0 Å². The van der Waals surface area contributed by atoms with Gasteiger partial charge in [0, 0.05) is 19.3 Å². The second-order valence-corrected chi connectivity index (χ2v) is 5.72. The molecule has 106 valence electrons. The van der Waals surface area contributed by atoms with Gasteiger partial charge in [-0.3, -0.25) is 0 Å². The van der Waals surface area contributed by atoms with Crippen LogP contribution in [0.4, 0.5) is 5.82 Å². The molecular formula is C16H27N3. The smallest absolute Gasteiger partial charge is 0.131 e. The van der Waals surface area contributed by atoms with Crippen LogP contribution in [0.1, 0.15) is 44.6 Å². The highest BCUT2D eigenvalue weighted by Crippen LogP contribution is 2.31. The van der Waals surface area contributed by atoms with Crippen molar-refractivity contribution >= 4 is 5.82 Å². The average molecular weight is 261 g/mol. The predicted molar refractivity (Wildman–Crippen MR) is 81.4 cm³/mol. The first-order valence-electron chi connectivity index (χ1n) is 7.63. The molecule has 19 heavy (non-hydrogen) atoms. The summed E-state index contributed by atoms with van der Waals surface area (Å²) in [4.78, 5) is 6.97. The van der Waals surface area contributed by atoms with Crippen LogP contribution in [0, 0.1) is 5.92 Å². The van der Waals surface area contributed by atoms with Crippen LogP contribution < -0.4 is 10.6 Å². The molecule has 0 unspecified atom stereocenters. The van der Waals surface area contributed by atoms with Gasteiger partial charge in [0.15, 0.2) is 0 Å². The third-order valence-corrected chi connectivity index (χ3v) is 4.56. The summed E-state index contributed by atoms with van der Waals surface area (Å²) >= 11 is 0. The Morgan fingerprint density at radius 1 is 1.32 bits per heavy atom. The monoisotopic (exact) mass is 261 g/mol. The van der Waals surface area contributed by atoms with E-state index >= 15 is 0 Å². The van der Waals surface area contributed by atoms with Crippen molar-refractivity contribution in [2.24, 2.45) is 11.7 Å². The molecule has 1 saturated carbocycles. The minimum atomic E-state index is 0.647. The lowest BCUT2D eigenvalue weighted by atomic mass is 9.84. The van der Waals surface area contributed by atoms with Gasteiger partial charge in [-0.15, -0.1) is 0 Å². The molecular weight excluding hydrogens is 234 g/mol. The summed E-state index contributed by atoms with van der Waals surface area (Å²) in [6, 6.07) is 4.81. The lowest BCUT2D eigenvalue weighted by Crippen LogP contribution is -2.36. The van der Waals surface area contributed by atoms with Crippen LogP contribution in [0.15, 0.2) is 18.3 Å². The minimum absolute atomic E-state index is 0.647. The van der Waals surface area contributed by atoms with Crippen LogP contribution in [0.25, 0.3) is 0 Å². The topological polar surface area (TPSA) is 42.2 Å². The first-order chi connectivity index (χ1) is 9.26. The quantitative estimate of drug-likeness (QED) is 0.886. The Hall–Kier alpha value is -1.09. The molecule has 0 amide bonds. The number of hydrogen-bond donors (Lipinski definition) is 1. The summed E-state index contributed by atoms with van der Waals surface area (Å²) in [5.41, 5.74) is 6.98. The van der Waals surface area contributed by atoms with Gasteiger partial charge in [-0.25, -0.2) is 4.98 Å². The van der Waals surface area contributed by atoms with Gasteiger partial charge >= 0.3 is 0 Å². The van der Waals surface area contributed by atoms with E-state index in [-0.39, 0.29) is 0 Å². The lowest BCUT2D eigenvalue weighted by Gasteiger charge is -2.36. The number of rotatable bonds is 5. The summed E-state index contributed by atoms with van der Waals surface area (Å²) in [7, 11) is 2.19. The minimum Gasteiger partial charge on any atom is -0.356 e. The second kappa shape index (κ2) is 6.90. The fourth-order valence-electron chi connectivity index (χ4n) is 3.21. The van der Waals surface area contributed by atoms with Crippen LogP contribution in [0.3, 0.4) is 0 Å². The summed E-state index contributed by atoms with van der Waals surface area (Å²) in [5.74, 6) is 2.07. The van der Waals surface area contributed by atoms with Crippen molar-refractivity contribution in [2.75, 3.05) is 18.5 Å². The highest BCUT2D eigenvalue weighted by Gasteiger charge is 2.24. The zero-order valence-electron chi connectivity index (χ0n) is 12.3. The summed E-state index contributed by atoms with van der Waals surface area (Å²) in [5, 5.41) is 0. The van der Waals surface area contributed by atoms with E-state index in [1.807, 2.05) is 12.3 Å². The van der Waals surface area contributed by atoms with Gasteiger partial charge in [0.05, 0.1) is 0 Å². The van der Waals surface area contributed by atoms with Crippen LogP contribution in [0.2, 0.25) is 0 Å². The van der Waals surface area contributed by atoms with E-state index in [2.05, 4.69) is 29.9 Å². The van der Waals surface area contributed by atoms with Crippen LogP contribution in [-0.2, 0) is 6.42 Å². The van der Waals surface area contributed by atoms with Crippen LogP contribution in [0.5, 0.6) is 0 Å². The second-order valence-electron chi connectivity index (χ2n) is 5.72. The zero-order valence-corrected chi connectivity index (χ0v) is 12.3. The maximum atomic E-state index is 5.70. The number of pyridine rings is 1. The highest BCUT2D eigenvalue weighted by molar-refractivity contribution is 5.47. The normalized spacial score (nSPS) is 23.3. The summed E-state index contributed by atoms with van der Waals surface area (Å²) in [6.45, 7) is 3.00. The largest absolute Gasteiger partial charge is 0.356 e. The number of nitrogens with two attached hydrogens (primary N) is 1. The molecule has 0 bridgehead atoms. The molecule has 1 aromatic rings. The highest BCUT2D eigenvalue weighted by atomic mass is 15.2. The van der Waals surface area contributed by atoms with E-state index in [4.69, 9.17) is 5.73 Å². The van der Waals surface area contributed by atoms with Crippen molar-refractivity contribution in [2.45, 2.75) is 51.5 Å². The van der Waals surface area contributed by atoms with Crippen molar-refractivity contribution in [3.63, 3.8) is 0 Å². The molecule has 0 aliphatic heterocycles. The molecule has 1 aromatic heterocycles. The van der Waals surface area contributed by atoms with Crippen molar-refractivity contribution in [1.82, 2.24) is 4.98 Å². The molecule has 2 rings (SSSR count). The number of nitrogens with zero attached hydrogens (tertiary/aromatic N) is 2. The fraction of sp³-hybridized carbons (Fsp3) is 0.688. The average Bonchev–Trinajstić information content (AvgIpc) is 2.47. The third-order valence-electron chi connectivity index (χ3n) is 4.56. The maximum Gasteiger partial charge on any atom is 0.131 e. The van der Waals surface area contributed by atoms with Gasteiger partial charge in [-0.05, 0) is 56.2 Å². The molecule has 0 saturated heterocycles. The van der Waals surface area contributed by atoms with E-state index in [0.29, 0.717) is 12.6 Å². The lowest BCUT2D eigenvalue weighted by molar-refractivity contribution is 0.312. The molecule has 0 atom stereocenters. The predicted octanol–water partition coefficient (Wildman–Crippen LogP) is 2.99. The van der Waals surface area contributed by atoms with Crippen molar-refractivity contribution in [3.8, 4) is 0 Å². The summed E-state index contributed by atoms with van der Waals surface area (Å²) < 4.78 is 0. The van der Waals surface area contributed by atoms with Gasteiger partial charge in [0.25, 0.3) is 0 Å². The van der Waals surface area contributed by atoms with Gasteiger partial charge in [-0.2, -0.15) is 0 Å². The molecule has 1 heterocycles. The Morgan fingerprint density at radius 2 is 2.05 bits per heavy atom. The van der Waals surface area contributed by atoms with Crippen LogP contribution in [-0.4, -0.2) is 24.6 Å². The Labute approximate surface area is 117 Å². The number of aromatic nitrogens is 1. The fourth-order valence-corrected chi connectivity index (χ4v) is 3.21. The molecule has 2 N–H and O–H groups in total. The van der Waals surface area contributed by atoms with E-state index in [0.717, 1.165) is 18.2 Å². The SMILES string of the molecule is CCC1CCC(N(C)c2ncccc2CCN)CC1. The van der Waals surface area contributed by atoms with Crippen molar-refractivity contribution in [3.05, 3.63) is 23.9 Å². The third kappa shape index (κ3) is 3.47. The maximum absolute atomic E-state index is 5.70. The molecule has 1 aliphatic carbocycles. The van der Waals surface area contributed by atoms with E-state index in [9.17, 15) is 0 Å².